The molecule has 7 nitrogen and oxygen atoms in total. The van der Waals surface area contributed by atoms with Gasteiger partial charge in [0.15, 0.2) is 11.4 Å². The van der Waals surface area contributed by atoms with Crippen molar-refractivity contribution in [3.63, 3.8) is 0 Å². The first-order valence-corrected chi connectivity index (χ1v) is 8.05. The number of hydrogen-bond acceptors (Lipinski definition) is 4. The van der Waals surface area contributed by atoms with Gasteiger partial charge in [0, 0.05) is 13.1 Å². The van der Waals surface area contributed by atoms with E-state index in [-0.39, 0.29) is 12.1 Å². The van der Waals surface area contributed by atoms with Crippen molar-refractivity contribution in [3.05, 3.63) is 46.5 Å². The quantitative estimate of drug-likeness (QED) is 0.586. The molecule has 0 saturated carbocycles. The standard InChI is InChI=1S/C18H21N3O4/c1-4-21-11-14(16(22)18(21)24)17(23)20-9-5-6-12-7-8-13(19-2)10-15(12)25-3/h7-8,10,22H,4-6,9,11H2,1,3H3,(H,20,23). The molecule has 1 aliphatic heterocycles. The molecular weight excluding hydrogens is 322 g/mol. The first-order valence-electron chi connectivity index (χ1n) is 8.05. The van der Waals surface area contributed by atoms with Crippen molar-refractivity contribution in [2.45, 2.75) is 19.8 Å². The smallest absolute Gasteiger partial charge is 0.289 e. The van der Waals surface area contributed by atoms with Crippen LogP contribution in [-0.2, 0) is 16.0 Å². The number of methoxy groups -OCH3 is 1. The van der Waals surface area contributed by atoms with E-state index in [4.69, 9.17) is 11.3 Å². The van der Waals surface area contributed by atoms with Crippen molar-refractivity contribution < 1.29 is 19.4 Å². The molecule has 0 aliphatic carbocycles. The number of nitrogens with one attached hydrogen (secondary N) is 1. The molecule has 0 spiro atoms. The van der Waals surface area contributed by atoms with Gasteiger partial charge in [-0.2, -0.15) is 0 Å². The van der Waals surface area contributed by atoms with Crippen LogP contribution in [0.5, 0.6) is 5.75 Å². The number of hydrogen-bond donors (Lipinski definition) is 2. The summed E-state index contributed by atoms with van der Waals surface area (Å²) < 4.78 is 5.28. The lowest BCUT2D eigenvalue weighted by molar-refractivity contribution is -0.127. The van der Waals surface area contributed by atoms with Crippen LogP contribution in [0.25, 0.3) is 4.85 Å². The summed E-state index contributed by atoms with van der Waals surface area (Å²) >= 11 is 0. The second kappa shape index (κ2) is 8.20. The van der Waals surface area contributed by atoms with Gasteiger partial charge < -0.3 is 20.1 Å². The van der Waals surface area contributed by atoms with E-state index >= 15 is 0 Å². The second-order valence-electron chi connectivity index (χ2n) is 5.61. The predicted molar refractivity (Wildman–Crippen MR) is 92.5 cm³/mol. The Morgan fingerprint density at radius 2 is 2.24 bits per heavy atom. The highest BCUT2D eigenvalue weighted by Crippen LogP contribution is 2.26. The van der Waals surface area contributed by atoms with E-state index in [1.807, 2.05) is 6.07 Å². The number of carbonyl (C=O) groups excluding carboxylic acids is 2. The summed E-state index contributed by atoms with van der Waals surface area (Å²) in [6.07, 6.45) is 1.34. The summed E-state index contributed by atoms with van der Waals surface area (Å²) in [6.45, 7) is 9.79. The van der Waals surface area contributed by atoms with Crippen LogP contribution in [0.1, 0.15) is 18.9 Å². The third-order valence-corrected chi connectivity index (χ3v) is 4.09. The molecule has 132 valence electrons. The molecule has 1 aromatic rings. The van der Waals surface area contributed by atoms with E-state index in [0.717, 1.165) is 5.56 Å². The predicted octanol–water partition coefficient (Wildman–Crippen LogP) is 1.97. The lowest BCUT2D eigenvalue weighted by Gasteiger charge is -2.12. The van der Waals surface area contributed by atoms with Crippen LogP contribution in [0.4, 0.5) is 5.69 Å². The van der Waals surface area contributed by atoms with E-state index < -0.39 is 17.6 Å². The number of aliphatic hydroxyl groups excluding tert-OH is 1. The van der Waals surface area contributed by atoms with Crippen LogP contribution < -0.4 is 10.1 Å². The molecular formula is C18H21N3O4. The zero-order valence-electron chi connectivity index (χ0n) is 14.3. The number of amides is 2. The highest BCUT2D eigenvalue weighted by molar-refractivity contribution is 6.06. The Bertz CT molecular complexity index is 749. The SMILES string of the molecule is [C-]#[N+]c1ccc(CCCNC(=O)C2=C(O)C(=O)N(CC)C2)c(OC)c1. The Morgan fingerprint density at radius 1 is 1.48 bits per heavy atom. The lowest BCUT2D eigenvalue weighted by Crippen LogP contribution is -2.30. The highest BCUT2D eigenvalue weighted by atomic mass is 16.5. The van der Waals surface area contributed by atoms with Crippen molar-refractivity contribution in [3.8, 4) is 5.75 Å². The Balaban J connectivity index is 1.87. The fraction of sp³-hybridized carbons (Fsp3) is 0.389. The van der Waals surface area contributed by atoms with Crippen molar-refractivity contribution in [1.82, 2.24) is 10.2 Å². The minimum Gasteiger partial charge on any atom is -0.503 e. The van der Waals surface area contributed by atoms with Gasteiger partial charge in [-0.3, -0.25) is 9.59 Å². The summed E-state index contributed by atoms with van der Waals surface area (Å²) in [7, 11) is 1.56. The summed E-state index contributed by atoms with van der Waals surface area (Å²) in [5, 5.41) is 12.5. The van der Waals surface area contributed by atoms with E-state index in [1.165, 1.54) is 4.90 Å². The van der Waals surface area contributed by atoms with Crippen LogP contribution in [0.15, 0.2) is 29.5 Å². The van der Waals surface area contributed by atoms with Gasteiger partial charge in [0.2, 0.25) is 0 Å². The summed E-state index contributed by atoms with van der Waals surface area (Å²) in [4.78, 5) is 28.6. The Labute approximate surface area is 146 Å². The molecule has 0 aromatic heterocycles. The molecule has 1 heterocycles. The Hall–Kier alpha value is -3.01. The maximum Gasteiger partial charge on any atom is 0.289 e. The molecule has 2 N–H and O–H groups in total. The molecule has 0 radical (unpaired) electrons. The first kappa shape index (κ1) is 18.3. The average Bonchev–Trinajstić information content (AvgIpc) is 2.93. The molecule has 1 aliphatic rings. The van der Waals surface area contributed by atoms with Crippen LogP contribution in [0.2, 0.25) is 0 Å². The average molecular weight is 343 g/mol. The van der Waals surface area contributed by atoms with Crippen molar-refractivity contribution >= 4 is 17.5 Å². The molecule has 0 unspecified atom stereocenters. The van der Waals surface area contributed by atoms with Gasteiger partial charge in [-0.1, -0.05) is 12.1 Å². The minimum atomic E-state index is -0.503. The number of aryl methyl sites for hydroxylation is 1. The van der Waals surface area contributed by atoms with Gasteiger partial charge >= 0.3 is 0 Å². The van der Waals surface area contributed by atoms with Crippen molar-refractivity contribution in [2.75, 3.05) is 26.7 Å². The second-order valence-corrected chi connectivity index (χ2v) is 5.61. The minimum absolute atomic E-state index is 0.117. The highest BCUT2D eigenvalue weighted by Gasteiger charge is 2.32. The summed E-state index contributed by atoms with van der Waals surface area (Å²) in [6, 6.07) is 5.26. The molecule has 0 atom stereocenters. The van der Waals surface area contributed by atoms with Gasteiger partial charge in [0.25, 0.3) is 11.8 Å². The Kier molecular flexibility index (Phi) is 6.01. The topological polar surface area (TPSA) is 83.2 Å². The van der Waals surface area contributed by atoms with Gasteiger partial charge in [0.1, 0.15) is 5.75 Å². The number of rotatable bonds is 7. The molecule has 0 bridgehead atoms. The van der Waals surface area contributed by atoms with E-state index in [0.29, 0.717) is 37.4 Å². The Morgan fingerprint density at radius 3 is 2.84 bits per heavy atom. The number of aliphatic hydroxyl groups is 1. The van der Waals surface area contributed by atoms with E-state index in [9.17, 15) is 14.7 Å². The first-order chi connectivity index (χ1) is 12.0. The molecule has 0 saturated heterocycles. The van der Waals surface area contributed by atoms with Crippen LogP contribution >= 0.6 is 0 Å². The number of nitrogens with zero attached hydrogens (tertiary/aromatic N) is 2. The lowest BCUT2D eigenvalue weighted by atomic mass is 10.1. The number of likely N-dealkylation sites (N-methyl/N-ethyl adjacent to an activating group) is 1. The largest absolute Gasteiger partial charge is 0.503 e. The fourth-order valence-electron chi connectivity index (χ4n) is 2.65. The summed E-state index contributed by atoms with van der Waals surface area (Å²) in [5.41, 5.74) is 1.59. The zero-order chi connectivity index (χ0) is 18.4. The van der Waals surface area contributed by atoms with Crippen molar-refractivity contribution in [2.24, 2.45) is 0 Å². The molecule has 0 fully saturated rings. The van der Waals surface area contributed by atoms with Gasteiger partial charge in [-0.15, -0.1) is 0 Å². The zero-order valence-corrected chi connectivity index (χ0v) is 14.3. The molecule has 1 aromatic carbocycles. The number of carbonyl (C=O) groups is 2. The normalized spacial score (nSPS) is 13.8. The van der Waals surface area contributed by atoms with Gasteiger partial charge in [0.05, 0.1) is 25.8 Å². The van der Waals surface area contributed by atoms with Crippen LogP contribution in [0, 0.1) is 6.57 Å². The maximum atomic E-state index is 12.1. The molecule has 7 heteroatoms. The third-order valence-electron chi connectivity index (χ3n) is 4.09. The van der Waals surface area contributed by atoms with E-state index in [1.54, 1.807) is 26.2 Å². The number of benzene rings is 1. The van der Waals surface area contributed by atoms with Gasteiger partial charge in [-0.05, 0) is 31.4 Å². The maximum absolute atomic E-state index is 12.1. The molecule has 25 heavy (non-hydrogen) atoms. The number of ether oxygens (including phenoxy) is 1. The van der Waals surface area contributed by atoms with Crippen LogP contribution in [-0.4, -0.2) is 48.6 Å². The van der Waals surface area contributed by atoms with Crippen molar-refractivity contribution in [1.29, 1.82) is 0 Å². The monoisotopic (exact) mass is 343 g/mol. The fourth-order valence-corrected chi connectivity index (χ4v) is 2.65. The molecule has 2 amide bonds. The van der Waals surface area contributed by atoms with Gasteiger partial charge in [-0.25, -0.2) is 4.85 Å². The van der Waals surface area contributed by atoms with E-state index in [2.05, 4.69) is 10.2 Å². The van der Waals surface area contributed by atoms with Crippen LogP contribution in [0.3, 0.4) is 0 Å². The summed E-state index contributed by atoms with van der Waals surface area (Å²) in [5.74, 6) is -0.731. The third kappa shape index (κ3) is 4.10. The molecule has 2 rings (SSSR count).